The smallest absolute Gasteiger partial charge is 0.151 e. The zero-order valence-electron chi connectivity index (χ0n) is 10.0. The van der Waals surface area contributed by atoms with Gasteiger partial charge in [-0.25, -0.2) is 0 Å². The normalized spacial score (nSPS) is 12.2. The molecule has 0 bridgehead atoms. The zero-order valence-corrected chi connectivity index (χ0v) is 10.0. The van der Waals surface area contributed by atoms with E-state index in [0.717, 1.165) is 5.82 Å². The number of rotatable bonds is 2. The molecule has 14 heavy (non-hydrogen) atoms. The molecule has 0 saturated heterocycles. The Morgan fingerprint density at radius 1 is 1.29 bits per heavy atom. The van der Waals surface area contributed by atoms with Gasteiger partial charge in [-0.05, 0) is 33.6 Å². The fraction of sp³-hybridized carbons (Fsp3) is 0.727. The molecule has 0 aliphatic heterocycles. The Balaban J connectivity index is 2.91. The molecule has 0 spiro atoms. The highest BCUT2D eigenvalue weighted by molar-refractivity contribution is 5.47. The lowest BCUT2D eigenvalue weighted by molar-refractivity contribution is 0.629. The fourth-order valence-electron chi connectivity index (χ4n) is 1.45. The first-order chi connectivity index (χ1) is 6.31. The average molecular weight is 195 g/mol. The quantitative estimate of drug-likeness (QED) is 0.761. The molecule has 0 fully saturated rings. The van der Waals surface area contributed by atoms with Crippen molar-refractivity contribution in [3.05, 3.63) is 11.3 Å². The topological polar surface area (TPSA) is 40.7 Å². The van der Waals surface area contributed by atoms with Crippen LogP contribution in [0.3, 0.4) is 0 Å². The molecular formula is C11H21N3. The fourth-order valence-corrected chi connectivity index (χ4v) is 1.45. The van der Waals surface area contributed by atoms with Crippen LogP contribution in [0.15, 0.2) is 0 Å². The third-order valence-corrected chi connectivity index (χ3v) is 2.12. The maximum Gasteiger partial charge on any atom is 0.151 e. The van der Waals surface area contributed by atoms with Crippen LogP contribution in [0.25, 0.3) is 0 Å². The summed E-state index contributed by atoms with van der Waals surface area (Å²) in [6.45, 7) is 12.8. The van der Waals surface area contributed by atoms with Crippen molar-refractivity contribution in [1.82, 2.24) is 10.2 Å². The Morgan fingerprint density at radius 2 is 1.86 bits per heavy atom. The highest BCUT2D eigenvalue weighted by Crippen LogP contribution is 2.24. The molecule has 0 amide bonds. The van der Waals surface area contributed by atoms with E-state index >= 15 is 0 Å². The van der Waals surface area contributed by atoms with Gasteiger partial charge in [0.25, 0.3) is 0 Å². The van der Waals surface area contributed by atoms with Gasteiger partial charge in [0.05, 0.1) is 0 Å². The average Bonchev–Trinajstić information content (AvgIpc) is 2.29. The molecular weight excluding hydrogens is 174 g/mol. The SMILES string of the molecule is Cc1c(NC(C)(C)C)n[nH]c1C(C)C. The highest BCUT2D eigenvalue weighted by atomic mass is 15.2. The third kappa shape index (κ3) is 2.50. The monoisotopic (exact) mass is 195 g/mol. The van der Waals surface area contributed by atoms with Gasteiger partial charge in [-0.1, -0.05) is 13.8 Å². The van der Waals surface area contributed by atoms with Gasteiger partial charge in [0.15, 0.2) is 5.82 Å². The molecule has 0 atom stereocenters. The molecule has 1 rings (SSSR count). The molecule has 3 nitrogen and oxygen atoms in total. The highest BCUT2D eigenvalue weighted by Gasteiger charge is 2.16. The first kappa shape index (κ1) is 11.1. The van der Waals surface area contributed by atoms with Gasteiger partial charge in [0, 0.05) is 16.8 Å². The lowest BCUT2D eigenvalue weighted by atomic mass is 10.1. The molecule has 2 N–H and O–H groups in total. The number of aromatic amines is 1. The predicted octanol–water partition coefficient (Wildman–Crippen LogP) is 3.05. The molecule has 1 heterocycles. The predicted molar refractivity (Wildman–Crippen MR) is 60.8 cm³/mol. The van der Waals surface area contributed by atoms with Crippen LogP contribution in [0.1, 0.15) is 51.8 Å². The van der Waals surface area contributed by atoms with Crippen molar-refractivity contribution in [3.63, 3.8) is 0 Å². The first-order valence-electron chi connectivity index (χ1n) is 5.14. The second-order valence-electron chi connectivity index (χ2n) is 5.14. The van der Waals surface area contributed by atoms with Crippen LogP contribution in [0.2, 0.25) is 0 Å². The Morgan fingerprint density at radius 3 is 2.21 bits per heavy atom. The van der Waals surface area contributed by atoms with Gasteiger partial charge in [-0.15, -0.1) is 0 Å². The summed E-state index contributed by atoms with van der Waals surface area (Å²) in [4.78, 5) is 0. The maximum absolute atomic E-state index is 4.29. The largest absolute Gasteiger partial charge is 0.364 e. The van der Waals surface area contributed by atoms with E-state index in [2.05, 4.69) is 57.1 Å². The molecule has 3 heteroatoms. The lowest BCUT2D eigenvalue weighted by Gasteiger charge is -2.20. The first-order valence-corrected chi connectivity index (χ1v) is 5.14. The summed E-state index contributed by atoms with van der Waals surface area (Å²) in [5, 5.41) is 10.8. The summed E-state index contributed by atoms with van der Waals surface area (Å²) in [6.07, 6.45) is 0. The van der Waals surface area contributed by atoms with E-state index in [1.807, 2.05) is 0 Å². The molecule has 0 aromatic carbocycles. The minimum atomic E-state index is 0.0637. The van der Waals surface area contributed by atoms with E-state index in [1.54, 1.807) is 0 Å². The van der Waals surface area contributed by atoms with E-state index in [0.29, 0.717) is 5.92 Å². The lowest BCUT2D eigenvalue weighted by Crippen LogP contribution is -2.26. The molecule has 1 aromatic heterocycles. The zero-order chi connectivity index (χ0) is 10.9. The van der Waals surface area contributed by atoms with Gasteiger partial charge >= 0.3 is 0 Å². The molecule has 80 valence electrons. The summed E-state index contributed by atoms with van der Waals surface area (Å²) in [5.74, 6) is 1.47. The second-order valence-corrected chi connectivity index (χ2v) is 5.14. The number of anilines is 1. The van der Waals surface area contributed by atoms with Crippen molar-refractivity contribution >= 4 is 5.82 Å². The minimum Gasteiger partial charge on any atom is -0.364 e. The van der Waals surface area contributed by atoms with E-state index in [4.69, 9.17) is 0 Å². The van der Waals surface area contributed by atoms with Crippen molar-refractivity contribution in [2.24, 2.45) is 0 Å². The molecule has 0 radical (unpaired) electrons. The standard InChI is InChI=1S/C11H21N3/c1-7(2)9-8(3)10(14-13-9)12-11(4,5)6/h7H,1-6H3,(H2,12,13,14). The van der Waals surface area contributed by atoms with Crippen molar-refractivity contribution in [2.45, 2.75) is 53.0 Å². The van der Waals surface area contributed by atoms with Crippen molar-refractivity contribution in [1.29, 1.82) is 0 Å². The number of H-pyrrole nitrogens is 1. The molecule has 1 aromatic rings. The summed E-state index contributed by atoms with van der Waals surface area (Å²) in [5.41, 5.74) is 2.51. The van der Waals surface area contributed by atoms with E-state index in [-0.39, 0.29) is 5.54 Å². The summed E-state index contributed by atoms with van der Waals surface area (Å²) < 4.78 is 0. The Kier molecular flexibility index (Phi) is 2.88. The van der Waals surface area contributed by atoms with E-state index < -0.39 is 0 Å². The molecule has 0 unspecified atom stereocenters. The minimum absolute atomic E-state index is 0.0637. The van der Waals surface area contributed by atoms with Crippen molar-refractivity contribution in [3.8, 4) is 0 Å². The number of hydrogen-bond donors (Lipinski definition) is 2. The number of nitrogens with zero attached hydrogens (tertiary/aromatic N) is 1. The Bertz CT molecular complexity index is 305. The molecule has 0 aliphatic carbocycles. The van der Waals surface area contributed by atoms with Crippen LogP contribution in [-0.4, -0.2) is 15.7 Å². The van der Waals surface area contributed by atoms with Crippen LogP contribution in [0.4, 0.5) is 5.82 Å². The van der Waals surface area contributed by atoms with E-state index in [9.17, 15) is 0 Å². The van der Waals surface area contributed by atoms with Gasteiger partial charge in [0.2, 0.25) is 0 Å². The maximum atomic E-state index is 4.29. The van der Waals surface area contributed by atoms with Crippen LogP contribution < -0.4 is 5.32 Å². The van der Waals surface area contributed by atoms with Gasteiger partial charge < -0.3 is 5.32 Å². The summed E-state index contributed by atoms with van der Waals surface area (Å²) in [7, 11) is 0. The Labute approximate surface area is 86.3 Å². The Hall–Kier alpha value is -0.990. The molecule has 0 saturated carbocycles. The van der Waals surface area contributed by atoms with Gasteiger partial charge in [0.1, 0.15) is 0 Å². The second kappa shape index (κ2) is 3.64. The van der Waals surface area contributed by atoms with Gasteiger partial charge in [-0.2, -0.15) is 5.10 Å². The summed E-state index contributed by atoms with van der Waals surface area (Å²) in [6, 6.07) is 0. The number of aromatic nitrogens is 2. The summed E-state index contributed by atoms with van der Waals surface area (Å²) >= 11 is 0. The third-order valence-electron chi connectivity index (χ3n) is 2.12. The van der Waals surface area contributed by atoms with Crippen LogP contribution >= 0.6 is 0 Å². The van der Waals surface area contributed by atoms with Crippen LogP contribution in [-0.2, 0) is 0 Å². The van der Waals surface area contributed by atoms with Crippen LogP contribution in [0.5, 0.6) is 0 Å². The van der Waals surface area contributed by atoms with Crippen molar-refractivity contribution in [2.75, 3.05) is 5.32 Å². The van der Waals surface area contributed by atoms with Crippen LogP contribution in [0, 0.1) is 6.92 Å². The molecule has 0 aliphatic rings. The number of hydrogen-bond acceptors (Lipinski definition) is 2. The van der Waals surface area contributed by atoms with E-state index in [1.165, 1.54) is 11.3 Å². The van der Waals surface area contributed by atoms with Crippen molar-refractivity contribution < 1.29 is 0 Å². The number of nitrogens with one attached hydrogen (secondary N) is 2. The van der Waals surface area contributed by atoms with Gasteiger partial charge in [-0.3, -0.25) is 5.10 Å².